The minimum Gasteiger partial charge on any atom is -0.361 e. The number of rotatable bonds is 5. The molecule has 0 spiro atoms. The molecule has 0 aliphatic rings. The molecule has 144 valence electrons. The van der Waals surface area contributed by atoms with Gasteiger partial charge in [-0.15, -0.1) is 11.3 Å². The molecule has 0 radical (unpaired) electrons. The van der Waals surface area contributed by atoms with Crippen LogP contribution in [0.2, 0.25) is 0 Å². The van der Waals surface area contributed by atoms with E-state index in [0.717, 1.165) is 37.3 Å². The van der Waals surface area contributed by atoms with Crippen molar-refractivity contribution in [2.45, 2.75) is 23.9 Å². The maximum Gasteiger partial charge on any atom is 0.255 e. The lowest BCUT2D eigenvalue weighted by atomic mass is 10.1. The zero-order valence-corrected chi connectivity index (χ0v) is 17.4. The van der Waals surface area contributed by atoms with Crippen molar-refractivity contribution in [2.24, 2.45) is 0 Å². The van der Waals surface area contributed by atoms with E-state index in [-0.39, 0.29) is 5.91 Å². The molecule has 0 atom stereocenters. The van der Waals surface area contributed by atoms with Crippen molar-refractivity contribution < 1.29 is 9.32 Å². The van der Waals surface area contributed by atoms with Crippen LogP contribution in [0.3, 0.4) is 0 Å². The Hall–Kier alpha value is -3.15. The molecule has 0 aliphatic carbocycles. The first-order chi connectivity index (χ1) is 14.0. The lowest BCUT2D eigenvalue weighted by molar-refractivity contribution is 0.102. The number of thiazole rings is 1. The molecule has 8 heteroatoms. The van der Waals surface area contributed by atoms with Crippen LogP contribution >= 0.6 is 23.1 Å². The highest BCUT2D eigenvalue weighted by Gasteiger charge is 2.12. The summed E-state index contributed by atoms with van der Waals surface area (Å²) in [4.78, 5) is 17.1. The average molecular weight is 421 g/mol. The summed E-state index contributed by atoms with van der Waals surface area (Å²) in [5, 5.41) is 15.9. The zero-order valence-electron chi connectivity index (χ0n) is 15.7. The fourth-order valence-corrected chi connectivity index (χ4v) is 5.08. The van der Waals surface area contributed by atoms with Crippen LogP contribution in [0.4, 0.5) is 5.69 Å². The highest BCUT2D eigenvalue weighted by molar-refractivity contribution is 8.00. The maximum atomic E-state index is 12.5. The summed E-state index contributed by atoms with van der Waals surface area (Å²) in [5.41, 5.74) is 4.49. The second kappa shape index (κ2) is 8.07. The van der Waals surface area contributed by atoms with E-state index in [2.05, 4.69) is 15.5 Å². The van der Waals surface area contributed by atoms with Gasteiger partial charge in [0, 0.05) is 22.6 Å². The summed E-state index contributed by atoms with van der Waals surface area (Å²) in [7, 11) is 0. The molecular formula is C21H16N4O2S2. The third kappa shape index (κ3) is 4.16. The Labute approximate surface area is 175 Å². The van der Waals surface area contributed by atoms with Gasteiger partial charge in [0.05, 0.1) is 27.5 Å². The van der Waals surface area contributed by atoms with Gasteiger partial charge in [-0.05, 0) is 50.2 Å². The van der Waals surface area contributed by atoms with Crippen LogP contribution in [0.1, 0.15) is 32.9 Å². The van der Waals surface area contributed by atoms with E-state index < -0.39 is 0 Å². The molecule has 4 rings (SSSR count). The van der Waals surface area contributed by atoms with Crippen LogP contribution in [-0.4, -0.2) is 16.0 Å². The van der Waals surface area contributed by atoms with E-state index in [4.69, 9.17) is 9.78 Å². The number of nitriles is 1. The van der Waals surface area contributed by atoms with E-state index in [1.807, 2.05) is 38.1 Å². The molecule has 4 aromatic rings. The van der Waals surface area contributed by atoms with Crippen molar-refractivity contribution in [3.8, 4) is 6.07 Å². The van der Waals surface area contributed by atoms with Gasteiger partial charge in [0.2, 0.25) is 0 Å². The number of aromatic nitrogens is 2. The molecule has 0 aliphatic heterocycles. The normalized spacial score (nSPS) is 10.8. The Morgan fingerprint density at radius 3 is 2.90 bits per heavy atom. The molecule has 0 fully saturated rings. The quantitative estimate of drug-likeness (QED) is 0.440. The number of thioether (sulfide) groups is 1. The first-order valence-corrected chi connectivity index (χ1v) is 10.6. The molecule has 6 nitrogen and oxygen atoms in total. The minimum atomic E-state index is -0.251. The molecule has 2 aromatic heterocycles. The monoisotopic (exact) mass is 420 g/mol. The number of carbonyl (C=O) groups excluding carboxylic acids is 1. The second-order valence-corrected chi connectivity index (χ2v) is 8.65. The number of benzene rings is 2. The molecule has 0 saturated heterocycles. The lowest BCUT2D eigenvalue weighted by Crippen LogP contribution is -2.11. The molecule has 0 bridgehead atoms. The predicted octanol–water partition coefficient (Wildman–Crippen LogP) is 5.32. The Bertz CT molecular complexity index is 1230. The van der Waals surface area contributed by atoms with Crippen molar-refractivity contribution in [1.29, 1.82) is 5.26 Å². The predicted molar refractivity (Wildman–Crippen MR) is 114 cm³/mol. The van der Waals surface area contributed by atoms with Crippen LogP contribution in [0.5, 0.6) is 0 Å². The van der Waals surface area contributed by atoms with Crippen LogP contribution < -0.4 is 5.32 Å². The average Bonchev–Trinajstić information content (AvgIpc) is 3.28. The van der Waals surface area contributed by atoms with Gasteiger partial charge in [-0.25, -0.2) is 4.98 Å². The van der Waals surface area contributed by atoms with Crippen molar-refractivity contribution in [3.63, 3.8) is 0 Å². The molecule has 2 heterocycles. The molecule has 0 saturated carbocycles. The largest absolute Gasteiger partial charge is 0.361 e. The Morgan fingerprint density at radius 1 is 1.28 bits per heavy atom. The number of carbonyl (C=O) groups is 1. The maximum absolute atomic E-state index is 12.5. The first kappa shape index (κ1) is 19.2. The number of anilines is 1. The third-order valence-electron chi connectivity index (χ3n) is 4.40. The fourth-order valence-electron chi connectivity index (χ4n) is 2.82. The third-order valence-corrected chi connectivity index (χ3v) is 6.59. The van der Waals surface area contributed by atoms with E-state index in [9.17, 15) is 4.79 Å². The molecule has 2 aromatic carbocycles. The standard InChI is InChI=1S/C21H16N4O2S2/c1-12-17(13(2)27-25-12)11-28-21-24-18-7-6-16(9-19(18)29-21)23-20(26)15-5-3-4-14(8-15)10-22/h3-9H,11H2,1-2H3,(H,23,26). The van der Waals surface area contributed by atoms with E-state index in [1.54, 1.807) is 47.4 Å². The fraction of sp³-hybridized carbons (Fsp3) is 0.143. The van der Waals surface area contributed by atoms with Crippen LogP contribution in [-0.2, 0) is 5.75 Å². The van der Waals surface area contributed by atoms with Crippen molar-refractivity contribution in [1.82, 2.24) is 10.1 Å². The highest BCUT2D eigenvalue weighted by atomic mass is 32.2. The van der Waals surface area contributed by atoms with Gasteiger partial charge in [0.25, 0.3) is 5.91 Å². The summed E-state index contributed by atoms with van der Waals surface area (Å²) >= 11 is 3.22. The first-order valence-electron chi connectivity index (χ1n) is 8.80. The van der Waals surface area contributed by atoms with Crippen LogP contribution in [0.15, 0.2) is 51.3 Å². The molecule has 29 heavy (non-hydrogen) atoms. The lowest BCUT2D eigenvalue weighted by Gasteiger charge is -2.05. The number of nitrogens with one attached hydrogen (secondary N) is 1. The number of hydrogen-bond donors (Lipinski definition) is 1. The summed E-state index contributed by atoms with van der Waals surface area (Å²) in [6.45, 7) is 3.85. The highest BCUT2D eigenvalue weighted by Crippen LogP contribution is 2.34. The van der Waals surface area contributed by atoms with E-state index in [0.29, 0.717) is 16.8 Å². The molecule has 0 unspecified atom stereocenters. The van der Waals surface area contributed by atoms with E-state index in [1.165, 1.54) is 0 Å². The summed E-state index contributed by atoms with van der Waals surface area (Å²) in [5.74, 6) is 1.33. The topological polar surface area (TPSA) is 91.8 Å². The van der Waals surface area contributed by atoms with Gasteiger partial charge in [-0.3, -0.25) is 4.79 Å². The number of nitrogens with zero attached hydrogens (tertiary/aromatic N) is 3. The Morgan fingerprint density at radius 2 is 2.14 bits per heavy atom. The van der Waals surface area contributed by atoms with Gasteiger partial charge in [-0.2, -0.15) is 5.26 Å². The van der Waals surface area contributed by atoms with Crippen molar-refractivity contribution in [2.75, 3.05) is 5.32 Å². The number of hydrogen-bond acceptors (Lipinski definition) is 7. The Kier molecular flexibility index (Phi) is 5.34. The second-order valence-electron chi connectivity index (χ2n) is 6.40. The Balaban J connectivity index is 1.49. The smallest absolute Gasteiger partial charge is 0.255 e. The molecule has 1 amide bonds. The molecule has 1 N–H and O–H groups in total. The number of aryl methyl sites for hydroxylation is 2. The van der Waals surface area contributed by atoms with Crippen LogP contribution in [0, 0.1) is 25.2 Å². The van der Waals surface area contributed by atoms with Gasteiger partial charge in [-0.1, -0.05) is 23.0 Å². The number of amides is 1. The summed E-state index contributed by atoms with van der Waals surface area (Å²) in [6.07, 6.45) is 0. The SMILES string of the molecule is Cc1noc(C)c1CSc1nc2ccc(NC(=O)c3cccc(C#N)c3)cc2s1. The van der Waals surface area contributed by atoms with E-state index >= 15 is 0 Å². The van der Waals surface area contributed by atoms with Crippen molar-refractivity contribution >= 4 is 44.9 Å². The van der Waals surface area contributed by atoms with Crippen molar-refractivity contribution in [3.05, 3.63) is 70.6 Å². The van der Waals surface area contributed by atoms with Crippen LogP contribution in [0.25, 0.3) is 10.2 Å². The molecular weight excluding hydrogens is 404 g/mol. The number of fused-ring (bicyclic) bond motifs is 1. The van der Waals surface area contributed by atoms with Gasteiger partial charge < -0.3 is 9.84 Å². The summed E-state index contributed by atoms with van der Waals surface area (Å²) < 4.78 is 7.15. The van der Waals surface area contributed by atoms with Gasteiger partial charge in [0.1, 0.15) is 5.76 Å². The van der Waals surface area contributed by atoms with Gasteiger partial charge >= 0.3 is 0 Å². The summed E-state index contributed by atoms with van der Waals surface area (Å²) in [6, 6.07) is 14.3. The van der Waals surface area contributed by atoms with Gasteiger partial charge in [0.15, 0.2) is 4.34 Å². The minimum absolute atomic E-state index is 0.251. The zero-order chi connectivity index (χ0) is 20.4.